The number of hydrogen-bond acceptors (Lipinski definition) is 4. The summed E-state index contributed by atoms with van der Waals surface area (Å²) < 4.78 is 35.1. The summed E-state index contributed by atoms with van der Waals surface area (Å²) in [6.45, 7) is 12.4. The van der Waals surface area contributed by atoms with Crippen LogP contribution in [0.15, 0.2) is 67.8 Å². The van der Waals surface area contributed by atoms with Gasteiger partial charge in [0.15, 0.2) is 0 Å². The van der Waals surface area contributed by atoms with Crippen LogP contribution in [0, 0.1) is 0 Å². The van der Waals surface area contributed by atoms with Crippen LogP contribution in [0.25, 0.3) is 28.0 Å². The number of rotatable bonds is 5. The van der Waals surface area contributed by atoms with Crippen LogP contribution in [-0.2, 0) is 19.6 Å². The van der Waals surface area contributed by atoms with Crippen LogP contribution < -0.4 is 0 Å². The van der Waals surface area contributed by atoms with Crippen molar-refractivity contribution in [2.24, 2.45) is 0 Å². The molecule has 0 spiro atoms. The lowest BCUT2D eigenvalue weighted by Gasteiger charge is -2.00. The normalized spacial score (nSPS) is 11.5. The van der Waals surface area contributed by atoms with Crippen molar-refractivity contribution in [2.75, 3.05) is 6.61 Å². The summed E-state index contributed by atoms with van der Waals surface area (Å²) in [6, 6.07) is 16.8. The first-order chi connectivity index (χ1) is 14.2. The zero-order chi connectivity index (χ0) is 22.7. The van der Waals surface area contributed by atoms with Gasteiger partial charge in [-0.25, -0.2) is 4.79 Å². The van der Waals surface area contributed by atoms with Crippen molar-refractivity contribution in [2.45, 2.75) is 32.4 Å². The largest absolute Gasteiger partial charge is 0.463 e. The van der Waals surface area contributed by atoms with Crippen LogP contribution in [0.3, 0.4) is 0 Å². The van der Waals surface area contributed by atoms with E-state index in [0.717, 1.165) is 6.08 Å². The van der Waals surface area contributed by atoms with Crippen LogP contribution >= 0.6 is 0 Å². The van der Waals surface area contributed by atoms with Crippen molar-refractivity contribution in [3.8, 4) is 0 Å². The highest BCUT2D eigenvalue weighted by Crippen LogP contribution is 2.28. The van der Waals surface area contributed by atoms with Gasteiger partial charge in [0, 0.05) is 23.0 Å². The zero-order valence-electron chi connectivity index (χ0n) is 17.6. The van der Waals surface area contributed by atoms with E-state index < -0.39 is 15.4 Å². The molecular formula is C23H29NO5S. The first-order valence-corrected chi connectivity index (χ1v) is 11.1. The summed E-state index contributed by atoms with van der Waals surface area (Å²) >= 11 is 0. The molecule has 0 saturated heterocycles. The summed E-state index contributed by atoms with van der Waals surface area (Å²) in [6.07, 6.45) is 3.47. The number of esters is 1. The lowest BCUT2D eigenvalue weighted by Crippen LogP contribution is -2.14. The Morgan fingerprint density at radius 3 is 1.80 bits per heavy atom. The molecular weight excluding hydrogens is 402 g/mol. The highest BCUT2D eigenvalue weighted by atomic mass is 32.2. The highest BCUT2D eigenvalue weighted by molar-refractivity contribution is 7.86. The molecule has 2 aromatic carbocycles. The predicted octanol–water partition coefficient (Wildman–Crippen LogP) is 5.30. The molecule has 0 radical (unpaired) electrons. The Kier molecular flexibility index (Phi) is 10.0. The second-order valence-electron chi connectivity index (χ2n) is 6.28. The molecule has 1 unspecified atom stereocenters. The van der Waals surface area contributed by atoms with E-state index in [9.17, 15) is 13.2 Å². The Hall–Kier alpha value is -2.90. The van der Waals surface area contributed by atoms with E-state index in [2.05, 4.69) is 71.0 Å². The van der Waals surface area contributed by atoms with Gasteiger partial charge >= 0.3 is 5.97 Å². The van der Waals surface area contributed by atoms with Crippen molar-refractivity contribution < 1.29 is 22.5 Å². The molecule has 0 bridgehead atoms. The van der Waals surface area contributed by atoms with Gasteiger partial charge in [0.1, 0.15) is 0 Å². The average Bonchev–Trinajstić information content (AvgIpc) is 3.07. The van der Waals surface area contributed by atoms with Gasteiger partial charge in [-0.1, -0.05) is 56.5 Å². The first kappa shape index (κ1) is 25.1. The topological polar surface area (TPSA) is 85.6 Å². The van der Waals surface area contributed by atoms with E-state index in [1.165, 1.54) is 28.7 Å². The standard InChI is InChI=1S/C14H11N.C5H8O2.C4H10O3S/c1-2-15-13-9-5-3-7-11(13)12-8-4-6-10-14(12)15;1-3-5(6)7-4-2;1-3-4(2)8(5,6)7/h2-10H,1H2;3H,1,4H2,2H3;4H,3H2,1-2H3,(H,5,6,7). The fraction of sp³-hybridized carbons (Fsp3) is 0.261. The number of para-hydroxylation sites is 2. The van der Waals surface area contributed by atoms with E-state index in [4.69, 9.17) is 4.55 Å². The third-order valence-corrected chi connectivity index (χ3v) is 5.69. The quantitative estimate of drug-likeness (QED) is 0.336. The minimum absolute atomic E-state index is 0.359. The van der Waals surface area contributed by atoms with Gasteiger partial charge in [-0.05, 0) is 32.4 Å². The SMILES string of the molecule is C=CC(=O)OCC.C=Cn1c2ccccc2c2ccccc21.CCC(C)S(=O)(=O)O. The maximum atomic E-state index is 10.1. The Morgan fingerprint density at radius 1 is 1.07 bits per heavy atom. The van der Waals surface area contributed by atoms with Crippen molar-refractivity contribution in [3.63, 3.8) is 0 Å². The maximum absolute atomic E-state index is 10.1. The number of aromatic nitrogens is 1. The Labute approximate surface area is 178 Å². The van der Waals surface area contributed by atoms with Crippen LogP contribution in [-0.4, -0.2) is 35.4 Å². The van der Waals surface area contributed by atoms with Gasteiger partial charge in [0.25, 0.3) is 10.1 Å². The molecule has 0 amide bonds. The van der Waals surface area contributed by atoms with Crippen molar-refractivity contribution >= 4 is 44.1 Å². The van der Waals surface area contributed by atoms with E-state index in [1.54, 1.807) is 13.8 Å². The lowest BCUT2D eigenvalue weighted by molar-refractivity contribution is -0.137. The average molecular weight is 432 g/mol. The highest BCUT2D eigenvalue weighted by Gasteiger charge is 2.13. The summed E-state index contributed by atoms with van der Waals surface area (Å²) in [5.74, 6) is -0.359. The number of benzene rings is 2. The first-order valence-electron chi connectivity index (χ1n) is 9.56. The van der Waals surface area contributed by atoms with Crippen molar-refractivity contribution in [3.05, 3.63) is 67.8 Å². The zero-order valence-corrected chi connectivity index (χ0v) is 18.4. The molecule has 0 aliphatic heterocycles. The molecule has 7 heteroatoms. The molecule has 30 heavy (non-hydrogen) atoms. The summed E-state index contributed by atoms with van der Waals surface area (Å²) in [4.78, 5) is 10.1. The molecule has 0 aliphatic rings. The number of carbonyl (C=O) groups is 1. The Bertz CT molecular complexity index is 1050. The van der Waals surface area contributed by atoms with Crippen LogP contribution in [0.5, 0.6) is 0 Å². The smallest absolute Gasteiger partial charge is 0.330 e. The van der Waals surface area contributed by atoms with E-state index >= 15 is 0 Å². The molecule has 1 atom stereocenters. The minimum Gasteiger partial charge on any atom is -0.463 e. The molecule has 0 aliphatic carbocycles. The van der Waals surface area contributed by atoms with Gasteiger partial charge in [0.05, 0.1) is 22.9 Å². The van der Waals surface area contributed by atoms with Crippen LogP contribution in [0.4, 0.5) is 0 Å². The van der Waals surface area contributed by atoms with E-state index in [-0.39, 0.29) is 5.97 Å². The van der Waals surface area contributed by atoms with Gasteiger partial charge in [-0.2, -0.15) is 8.42 Å². The number of nitrogens with zero attached hydrogens (tertiary/aromatic N) is 1. The minimum atomic E-state index is -3.75. The van der Waals surface area contributed by atoms with Gasteiger partial charge in [0.2, 0.25) is 0 Å². The predicted molar refractivity (Wildman–Crippen MR) is 124 cm³/mol. The maximum Gasteiger partial charge on any atom is 0.330 e. The molecule has 0 saturated carbocycles. The molecule has 1 aromatic heterocycles. The van der Waals surface area contributed by atoms with Crippen LogP contribution in [0.2, 0.25) is 0 Å². The summed E-state index contributed by atoms with van der Waals surface area (Å²) in [5, 5.41) is 1.95. The van der Waals surface area contributed by atoms with Crippen molar-refractivity contribution in [1.82, 2.24) is 4.57 Å². The van der Waals surface area contributed by atoms with Crippen molar-refractivity contribution in [1.29, 1.82) is 0 Å². The molecule has 1 heterocycles. The number of ether oxygens (including phenoxy) is 1. The van der Waals surface area contributed by atoms with Gasteiger partial charge in [-0.15, -0.1) is 0 Å². The molecule has 1 N–H and O–H groups in total. The molecule has 3 rings (SSSR count). The Morgan fingerprint density at radius 2 is 1.53 bits per heavy atom. The second-order valence-corrected chi connectivity index (χ2v) is 8.11. The Balaban J connectivity index is 0.000000257. The lowest BCUT2D eigenvalue weighted by atomic mass is 10.2. The molecule has 3 aromatic rings. The second kappa shape index (κ2) is 11.9. The molecule has 162 valence electrons. The van der Waals surface area contributed by atoms with Gasteiger partial charge < -0.3 is 9.30 Å². The van der Waals surface area contributed by atoms with Crippen LogP contribution in [0.1, 0.15) is 27.2 Å². The third-order valence-electron chi connectivity index (χ3n) is 4.34. The summed E-state index contributed by atoms with van der Waals surface area (Å²) in [7, 11) is -3.75. The summed E-state index contributed by atoms with van der Waals surface area (Å²) in [5.41, 5.74) is 2.43. The fourth-order valence-corrected chi connectivity index (χ4v) is 2.98. The fourth-order valence-electron chi connectivity index (χ4n) is 2.56. The number of carbonyl (C=O) groups excluding carboxylic acids is 1. The van der Waals surface area contributed by atoms with E-state index in [1.807, 2.05) is 6.20 Å². The molecule has 6 nitrogen and oxygen atoms in total. The number of hydrogen-bond donors (Lipinski definition) is 1. The van der Waals surface area contributed by atoms with Gasteiger partial charge in [-0.3, -0.25) is 4.55 Å². The molecule has 0 fully saturated rings. The number of fused-ring (bicyclic) bond motifs is 3. The third kappa shape index (κ3) is 6.86. The van der Waals surface area contributed by atoms with E-state index in [0.29, 0.717) is 13.0 Å². The monoisotopic (exact) mass is 431 g/mol.